The van der Waals surface area contributed by atoms with E-state index in [2.05, 4.69) is 10.5 Å². The summed E-state index contributed by atoms with van der Waals surface area (Å²) in [7, 11) is 0. The normalized spacial score (nSPS) is 12.3. The van der Waals surface area contributed by atoms with Crippen molar-refractivity contribution < 1.29 is 9.18 Å². The van der Waals surface area contributed by atoms with E-state index in [4.69, 9.17) is 11.5 Å². The molecule has 5 nitrogen and oxygen atoms in total. The van der Waals surface area contributed by atoms with Crippen molar-refractivity contribution in [3.8, 4) is 0 Å². The molecule has 0 spiro atoms. The van der Waals surface area contributed by atoms with Crippen molar-refractivity contribution in [1.82, 2.24) is 5.43 Å². The number of amidine groups is 1. The molecular formula is C10H11FN4O. The molecule has 1 amide bonds. The number of amides is 1. The lowest BCUT2D eigenvalue weighted by atomic mass is 10.2. The van der Waals surface area contributed by atoms with Crippen molar-refractivity contribution in [2.75, 3.05) is 0 Å². The zero-order valence-corrected chi connectivity index (χ0v) is 8.35. The number of hydrogen-bond acceptors (Lipinski definition) is 3. The van der Waals surface area contributed by atoms with Crippen LogP contribution in [0, 0.1) is 0 Å². The van der Waals surface area contributed by atoms with Crippen LogP contribution in [0.3, 0.4) is 0 Å². The number of carbonyl (C=O) groups excluding carboxylic acids is 1. The van der Waals surface area contributed by atoms with Gasteiger partial charge in [-0.1, -0.05) is 18.2 Å². The Labute approximate surface area is 91.6 Å². The zero-order valence-electron chi connectivity index (χ0n) is 8.35. The second-order valence-corrected chi connectivity index (χ2v) is 2.82. The van der Waals surface area contributed by atoms with E-state index in [1.54, 1.807) is 30.3 Å². The van der Waals surface area contributed by atoms with E-state index in [0.717, 1.165) is 0 Å². The van der Waals surface area contributed by atoms with Gasteiger partial charge in [0.1, 0.15) is 0 Å². The fraction of sp³-hybridized carbons (Fsp3) is 0. The van der Waals surface area contributed by atoms with Crippen molar-refractivity contribution in [3.63, 3.8) is 0 Å². The maximum Gasteiger partial charge on any atom is 0.271 e. The highest BCUT2D eigenvalue weighted by atomic mass is 19.1. The molecule has 0 aliphatic rings. The number of carbonyl (C=O) groups is 1. The lowest BCUT2D eigenvalue weighted by Crippen LogP contribution is -2.23. The van der Waals surface area contributed by atoms with Gasteiger partial charge in [-0.25, -0.2) is 9.82 Å². The molecule has 16 heavy (non-hydrogen) atoms. The van der Waals surface area contributed by atoms with Crippen LogP contribution >= 0.6 is 0 Å². The Morgan fingerprint density at radius 1 is 1.38 bits per heavy atom. The van der Waals surface area contributed by atoms with Gasteiger partial charge in [0.25, 0.3) is 5.91 Å². The largest absolute Gasteiger partial charge is 0.402 e. The second-order valence-electron chi connectivity index (χ2n) is 2.82. The number of halogens is 1. The monoisotopic (exact) mass is 222 g/mol. The van der Waals surface area contributed by atoms with Crippen LogP contribution in [-0.4, -0.2) is 11.7 Å². The highest BCUT2D eigenvalue weighted by Crippen LogP contribution is 1.98. The molecule has 5 N–H and O–H groups in total. The summed E-state index contributed by atoms with van der Waals surface area (Å²) in [6.07, 6.45) is 0.660. The van der Waals surface area contributed by atoms with Crippen molar-refractivity contribution in [3.05, 3.63) is 47.9 Å². The van der Waals surface area contributed by atoms with E-state index in [1.807, 2.05) is 0 Å². The van der Waals surface area contributed by atoms with Gasteiger partial charge in [0.2, 0.25) is 0 Å². The molecule has 0 atom stereocenters. The molecular weight excluding hydrogens is 211 g/mol. The molecule has 0 fully saturated rings. The van der Waals surface area contributed by atoms with Crippen LogP contribution in [-0.2, 0) is 0 Å². The first-order chi connectivity index (χ1) is 7.65. The molecule has 1 rings (SSSR count). The van der Waals surface area contributed by atoms with Gasteiger partial charge in [-0.05, 0) is 12.1 Å². The summed E-state index contributed by atoms with van der Waals surface area (Å²) >= 11 is 0. The summed E-state index contributed by atoms with van der Waals surface area (Å²) < 4.78 is 12.7. The number of nitrogens with two attached hydrogens (primary N) is 2. The first kappa shape index (κ1) is 11.7. The smallest absolute Gasteiger partial charge is 0.271 e. The van der Waals surface area contributed by atoms with Crippen LogP contribution in [0.5, 0.6) is 0 Å². The SMILES string of the molecule is NC=C(F)C(N)=NNC(=O)c1ccccc1. The van der Waals surface area contributed by atoms with Gasteiger partial charge in [0.15, 0.2) is 11.7 Å². The molecule has 0 bridgehead atoms. The standard InChI is InChI=1S/C10H11FN4O/c11-8(6-12)9(13)14-15-10(16)7-4-2-1-3-5-7/h1-6H,12H2,(H2,13,14)(H,15,16). The third-order valence-corrected chi connectivity index (χ3v) is 1.70. The summed E-state index contributed by atoms with van der Waals surface area (Å²) in [5, 5.41) is 3.34. The van der Waals surface area contributed by atoms with Gasteiger partial charge in [0.05, 0.1) is 0 Å². The second kappa shape index (κ2) is 5.50. The number of nitrogens with zero attached hydrogens (tertiary/aromatic N) is 1. The quantitative estimate of drug-likeness (QED) is 0.394. The Kier molecular flexibility index (Phi) is 4.02. The lowest BCUT2D eigenvalue weighted by molar-refractivity contribution is 0.0955. The molecule has 0 aliphatic heterocycles. The minimum absolute atomic E-state index is 0.399. The number of rotatable bonds is 3. The first-order valence-corrected chi connectivity index (χ1v) is 4.41. The van der Waals surface area contributed by atoms with Crippen LogP contribution in [0.25, 0.3) is 0 Å². The van der Waals surface area contributed by atoms with Crippen LogP contribution in [0.2, 0.25) is 0 Å². The Bertz CT molecular complexity index is 428. The van der Waals surface area contributed by atoms with E-state index in [-0.39, 0.29) is 0 Å². The first-order valence-electron chi connectivity index (χ1n) is 4.41. The molecule has 84 valence electrons. The molecule has 0 aliphatic carbocycles. The summed E-state index contributed by atoms with van der Waals surface area (Å²) in [5.74, 6) is -1.85. The molecule has 1 aromatic carbocycles. The highest BCUT2D eigenvalue weighted by molar-refractivity contribution is 5.98. The van der Waals surface area contributed by atoms with Crippen LogP contribution in [0.1, 0.15) is 10.4 Å². The van der Waals surface area contributed by atoms with Gasteiger partial charge in [-0.2, -0.15) is 5.10 Å². The third kappa shape index (κ3) is 3.09. The predicted octanol–water partition coefficient (Wildman–Crippen LogP) is 0.458. The predicted molar refractivity (Wildman–Crippen MR) is 58.9 cm³/mol. The maximum atomic E-state index is 12.7. The molecule has 0 aromatic heterocycles. The average Bonchev–Trinajstić information content (AvgIpc) is 2.35. The van der Waals surface area contributed by atoms with Crippen molar-refractivity contribution in [2.45, 2.75) is 0 Å². The minimum Gasteiger partial charge on any atom is -0.402 e. The Morgan fingerprint density at radius 3 is 2.56 bits per heavy atom. The molecule has 0 unspecified atom stereocenters. The van der Waals surface area contributed by atoms with Crippen LogP contribution in [0.15, 0.2) is 47.5 Å². The summed E-state index contributed by atoms with van der Waals surface area (Å²) in [6.45, 7) is 0. The Morgan fingerprint density at radius 2 is 2.00 bits per heavy atom. The molecule has 0 saturated carbocycles. The average molecular weight is 222 g/mol. The molecule has 1 aromatic rings. The lowest BCUT2D eigenvalue weighted by Gasteiger charge is -2.00. The minimum atomic E-state index is -0.895. The van der Waals surface area contributed by atoms with E-state index >= 15 is 0 Å². The topological polar surface area (TPSA) is 93.5 Å². The van der Waals surface area contributed by atoms with Crippen LogP contribution in [0.4, 0.5) is 4.39 Å². The van der Waals surface area contributed by atoms with Crippen molar-refractivity contribution >= 4 is 11.7 Å². The van der Waals surface area contributed by atoms with Gasteiger partial charge in [-0.15, -0.1) is 0 Å². The fourth-order valence-electron chi connectivity index (χ4n) is 0.904. The highest BCUT2D eigenvalue weighted by Gasteiger charge is 2.04. The molecule has 6 heteroatoms. The van der Waals surface area contributed by atoms with E-state index in [0.29, 0.717) is 11.8 Å². The van der Waals surface area contributed by atoms with Crippen molar-refractivity contribution in [1.29, 1.82) is 0 Å². The van der Waals surface area contributed by atoms with Gasteiger partial charge >= 0.3 is 0 Å². The Hall–Kier alpha value is -2.37. The summed E-state index contributed by atoms with van der Waals surface area (Å²) in [6, 6.07) is 8.35. The fourth-order valence-corrected chi connectivity index (χ4v) is 0.904. The zero-order chi connectivity index (χ0) is 12.0. The number of nitrogens with one attached hydrogen (secondary N) is 1. The van der Waals surface area contributed by atoms with E-state index in [1.165, 1.54) is 0 Å². The molecule has 0 saturated heterocycles. The van der Waals surface area contributed by atoms with Gasteiger partial charge < -0.3 is 11.5 Å². The number of benzene rings is 1. The summed E-state index contributed by atoms with van der Waals surface area (Å²) in [4.78, 5) is 11.4. The van der Waals surface area contributed by atoms with Gasteiger partial charge in [0, 0.05) is 11.8 Å². The molecule has 0 heterocycles. The van der Waals surface area contributed by atoms with Crippen LogP contribution < -0.4 is 16.9 Å². The third-order valence-electron chi connectivity index (χ3n) is 1.70. The van der Waals surface area contributed by atoms with E-state index < -0.39 is 17.6 Å². The Balaban J connectivity index is 2.67. The number of hydrazone groups is 1. The number of hydrogen-bond donors (Lipinski definition) is 3. The van der Waals surface area contributed by atoms with Gasteiger partial charge in [-0.3, -0.25) is 4.79 Å². The van der Waals surface area contributed by atoms with E-state index in [9.17, 15) is 9.18 Å². The van der Waals surface area contributed by atoms with Crippen molar-refractivity contribution in [2.24, 2.45) is 16.6 Å². The summed E-state index contributed by atoms with van der Waals surface area (Å²) in [5.41, 5.74) is 12.5. The molecule has 0 radical (unpaired) electrons. The maximum absolute atomic E-state index is 12.7.